The van der Waals surface area contributed by atoms with E-state index in [9.17, 15) is 4.79 Å². The highest BCUT2D eigenvalue weighted by atomic mass is 79.9. The summed E-state index contributed by atoms with van der Waals surface area (Å²) in [5.41, 5.74) is 0. The number of ether oxygens (including phenoxy) is 2. The van der Waals surface area contributed by atoms with E-state index in [1.54, 1.807) is 0 Å². The molecular formula is C4H2BrCl3O3. The summed E-state index contributed by atoms with van der Waals surface area (Å²) >= 11 is 19.3. The van der Waals surface area contributed by atoms with Gasteiger partial charge in [-0.3, -0.25) is 0 Å². The SMILES string of the molecule is O=C1O[C@@H](Br)[C@H](C(Cl)(Cl)Cl)O1. The van der Waals surface area contributed by atoms with Crippen molar-refractivity contribution in [1.82, 2.24) is 0 Å². The molecule has 0 amide bonds. The van der Waals surface area contributed by atoms with Gasteiger partial charge in [0.1, 0.15) is 0 Å². The van der Waals surface area contributed by atoms with Gasteiger partial charge in [-0.05, 0) is 15.9 Å². The third-order valence-corrected chi connectivity index (χ3v) is 2.30. The highest BCUT2D eigenvalue weighted by Gasteiger charge is 2.48. The lowest BCUT2D eigenvalue weighted by molar-refractivity contribution is 0.118. The maximum Gasteiger partial charge on any atom is 0.510 e. The molecule has 0 aliphatic carbocycles. The minimum absolute atomic E-state index is 0.706. The van der Waals surface area contributed by atoms with Gasteiger partial charge >= 0.3 is 6.16 Å². The molecule has 1 rings (SSSR count). The monoisotopic (exact) mass is 282 g/mol. The molecule has 1 fully saturated rings. The topological polar surface area (TPSA) is 35.5 Å². The zero-order chi connectivity index (χ0) is 8.65. The highest BCUT2D eigenvalue weighted by Crippen LogP contribution is 2.39. The molecule has 0 aromatic carbocycles. The van der Waals surface area contributed by atoms with Gasteiger partial charge in [0.2, 0.25) is 8.81 Å². The van der Waals surface area contributed by atoms with Crippen LogP contribution < -0.4 is 0 Å². The number of hydrogen-bond donors (Lipinski definition) is 0. The van der Waals surface area contributed by atoms with Gasteiger partial charge in [-0.15, -0.1) is 0 Å². The summed E-state index contributed by atoms with van der Waals surface area (Å²) in [4.78, 5) is 10.5. The molecule has 0 radical (unpaired) electrons. The van der Waals surface area contributed by atoms with Crippen LogP contribution in [0.3, 0.4) is 0 Å². The molecule has 2 atom stereocenters. The van der Waals surface area contributed by atoms with Crippen LogP contribution >= 0.6 is 50.7 Å². The van der Waals surface area contributed by atoms with Gasteiger partial charge in [0.05, 0.1) is 0 Å². The van der Waals surface area contributed by atoms with Crippen LogP contribution in [0.4, 0.5) is 4.79 Å². The Bertz CT molecular complexity index is 180. The summed E-state index contributed by atoms with van der Waals surface area (Å²) in [5, 5.41) is -0.706. The van der Waals surface area contributed by atoms with Gasteiger partial charge in [0.15, 0.2) is 6.10 Å². The lowest BCUT2D eigenvalue weighted by atomic mass is 10.4. The van der Waals surface area contributed by atoms with Crippen molar-refractivity contribution in [1.29, 1.82) is 0 Å². The second-order valence-corrected chi connectivity index (χ2v) is 5.07. The summed E-state index contributed by atoms with van der Waals surface area (Å²) in [6, 6.07) is 0. The highest BCUT2D eigenvalue weighted by molar-refractivity contribution is 9.09. The molecule has 0 bridgehead atoms. The van der Waals surface area contributed by atoms with Crippen molar-refractivity contribution < 1.29 is 14.3 Å². The molecule has 1 aliphatic rings. The van der Waals surface area contributed by atoms with E-state index < -0.39 is 21.1 Å². The Hall–Kier alpha value is 0.620. The molecule has 1 heterocycles. The molecule has 0 aromatic heterocycles. The molecule has 11 heavy (non-hydrogen) atoms. The lowest BCUT2D eigenvalue weighted by Crippen LogP contribution is -2.31. The number of halogens is 4. The molecule has 0 N–H and O–H groups in total. The molecule has 1 aliphatic heterocycles. The first-order valence-electron chi connectivity index (χ1n) is 2.49. The Morgan fingerprint density at radius 2 is 1.91 bits per heavy atom. The number of hydrogen-bond acceptors (Lipinski definition) is 3. The minimum Gasteiger partial charge on any atom is -0.421 e. The second-order valence-electron chi connectivity index (χ2n) is 1.80. The summed E-state index contributed by atoms with van der Waals surface area (Å²) in [6.07, 6.45) is -1.75. The lowest BCUT2D eigenvalue weighted by Gasteiger charge is -2.17. The minimum atomic E-state index is -1.67. The maximum absolute atomic E-state index is 10.5. The number of carbonyl (C=O) groups is 1. The average Bonchev–Trinajstić information content (AvgIpc) is 2.08. The number of cyclic esters (lactones) is 2. The Morgan fingerprint density at radius 3 is 2.09 bits per heavy atom. The van der Waals surface area contributed by atoms with E-state index in [1.807, 2.05) is 0 Å². The Labute approximate surface area is 86.0 Å². The van der Waals surface area contributed by atoms with Gasteiger partial charge in [0.25, 0.3) is 0 Å². The first-order valence-corrected chi connectivity index (χ1v) is 4.54. The van der Waals surface area contributed by atoms with E-state index >= 15 is 0 Å². The quantitative estimate of drug-likeness (QED) is 0.507. The van der Waals surface area contributed by atoms with Crippen LogP contribution in [0, 0.1) is 0 Å². The average molecular weight is 284 g/mol. The predicted molar refractivity (Wildman–Crippen MR) is 44.4 cm³/mol. The number of carbonyl (C=O) groups excluding carboxylic acids is 1. The fourth-order valence-electron chi connectivity index (χ4n) is 0.554. The van der Waals surface area contributed by atoms with Crippen molar-refractivity contribution in [2.45, 2.75) is 14.9 Å². The standard InChI is InChI=1S/C4H2BrCl3O3/c5-2-1(4(6,7)8)10-3(9)11-2/h1-2H/t1-,2-/m1/s1. The van der Waals surface area contributed by atoms with Crippen LogP contribution in [0.25, 0.3) is 0 Å². The molecule has 0 saturated carbocycles. The van der Waals surface area contributed by atoms with Gasteiger partial charge in [-0.2, -0.15) is 0 Å². The Morgan fingerprint density at radius 1 is 1.36 bits per heavy atom. The van der Waals surface area contributed by atoms with E-state index in [0.29, 0.717) is 0 Å². The van der Waals surface area contributed by atoms with Crippen LogP contribution in [0.2, 0.25) is 0 Å². The van der Waals surface area contributed by atoms with Crippen molar-refractivity contribution in [3.05, 3.63) is 0 Å². The summed E-state index contributed by atoms with van der Waals surface area (Å²) in [6.45, 7) is 0. The molecule has 0 aromatic rings. The number of rotatable bonds is 0. The van der Waals surface area contributed by atoms with E-state index in [-0.39, 0.29) is 0 Å². The van der Waals surface area contributed by atoms with Gasteiger partial charge in [0, 0.05) is 0 Å². The smallest absolute Gasteiger partial charge is 0.421 e. The Balaban J connectivity index is 2.67. The fraction of sp³-hybridized carbons (Fsp3) is 0.750. The molecular weight excluding hydrogens is 282 g/mol. The summed E-state index contributed by atoms with van der Waals surface area (Å²) < 4.78 is 7.37. The van der Waals surface area contributed by atoms with Crippen molar-refractivity contribution in [3.63, 3.8) is 0 Å². The normalized spacial score (nSPS) is 31.5. The van der Waals surface area contributed by atoms with Crippen LogP contribution in [0.1, 0.15) is 0 Å². The van der Waals surface area contributed by atoms with Crippen LogP contribution in [-0.2, 0) is 9.47 Å². The molecule has 7 heteroatoms. The predicted octanol–water partition coefficient (Wildman–Crippen LogP) is 2.61. The van der Waals surface area contributed by atoms with Crippen molar-refractivity contribution in [2.24, 2.45) is 0 Å². The number of alkyl halides is 4. The third kappa shape index (κ3) is 2.28. The second kappa shape index (κ2) is 3.17. The van der Waals surface area contributed by atoms with Crippen LogP contribution in [-0.4, -0.2) is 21.1 Å². The van der Waals surface area contributed by atoms with E-state index in [2.05, 4.69) is 25.4 Å². The van der Waals surface area contributed by atoms with E-state index in [0.717, 1.165) is 0 Å². The van der Waals surface area contributed by atoms with Crippen LogP contribution in [0.15, 0.2) is 0 Å². The molecule has 0 unspecified atom stereocenters. The first kappa shape index (κ1) is 9.71. The van der Waals surface area contributed by atoms with Gasteiger partial charge in [-0.1, -0.05) is 34.8 Å². The van der Waals surface area contributed by atoms with Crippen LogP contribution in [0.5, 0.6) is 0 Å². The van der Waals surface area contributed by atoms with Crippen molar-refractivity contribution >= 4 is 56.9 Å². The summed E-state index contributed by atoms with van der Waals surface area (Å²) in [7, 11) is 0. The van der Waals surface area contributed by atoms with Gasteiger partial charge < -0.3 is 9.47 Å². The zero-order valence-corrected chi connectivity index (χ0v) is 8.75. The van der Waals surface area contributed by atoms with E-state index in [1.165, 1.54) is 0 Å². The zero-order valence-electron chi connectivity index (χ0n) is 4.89. The molecule has 3 nitrogen and oxygen atoms in total. The Kier molecular flexibility index (Phi) is 2.79. The van der Waals surface area contributed by atoms with Crippen molar-refractivity contribution in [2.75, 3.05) is 0 Å². The van der Waals surface area contributed by atoms with E-state index in [4.69, 9.17) is 34.8 Å². The molecule has 1 saturated heterocycles. The summed E-state index contributed by atoms with van der Waals surface area (Å²) in [5.74, 6) is 0. The van der Waals surface area contributed by atoms with Gasteiger partial charge in [-0.25, -0.2) is 4.79 Å². The molecule has 64 valence electrons. The largest absolute Gasteiger partial charge is 0.510 e. The first-order chi connectivity index (χ1) is 4.91. The fourth-order valence-corrected chi connectivity index (χ4v) is 2.14. The van der Waals surface area contributed by atoms with Crippen molar-refractivity contribution in [3.8, 4) is 0 Å². The maximum atomic E-state index is 10.5. The third-order valence-electron chi connectivity index (χ3n) is 0.993. The molecule has 0 spiro atoms.